The lowest BCUT2D eigenvalue weighted by atomic mass is 10.1. The van der Waals surface area contributed by atoms with Gasteiger partial charge in [0.2, 0.25) is 5.43 Å². The number of para-hydroxylation sites is 2. The molecule has 1 aliphatic rings. The molecule has 0 saturated carbocycles. The largest absolute Gasteiger partial charge is 0.418 e. The first-order valence-electron chi connectivity index (χ1n) is 10.7. The minimum atomic E-state index is -4.62. The van der Waals surface area contributed by atoms with Crippen molar-refractivity contribution in [2.24, 2.45) is 0 Å². The van der Waals surface area contributed by atoms with Crippen LogP contribution in [0.3, 0.4) is 0 Å². The Labute approximate surface area is 198 Å². The summed E-state index contributed by atoms with van der Waals surface area (Å²) in [5.74, 6) is 1.31. The van der Waals surface area contributed by atoms with Crippen molar-refractivity contribution >= 4 is 23.4 Å². The summed E-state index contributed by atoms with van der Waals surface area (Å²) < 4.78 is 41.6. The zero-order valence-corrected chi connectivity index (χ0v) is 19.2. The van der Waals surface area contributed by atoms with E-state index in [1.165, 1.54) is 25.1 Å². The number of halogens is 3. The lowest BCUT2D eigenvalue weighted by Crippen LogP contribution is -2.32. The van der Waals surface area contributed by atoms with Gasteiger partial charge in [-0.15, -0.1) is 0 Å². The number of amides is 1. The maximum absolute atomic E-state index is 13.5. The van der Waals surface area contributed by atoms with Gasteiger partial charge in [0.1, 0.15) is 0 Å². The normalized spacial score (nSPS) is 14.7. The van der Waals surface area contributed by atoms with Crippen molar-refractivity contribution in [1.29, 1.82) is 0 Å². The molecule has 1 fully saturated rings. The molecule has 0 bridgehead atoms. The highest BCUT2D eigenvalue weighted by Gasteiger charge is 2.34. The van der Waals surface area contributed by atoms with Gasteiger partial charge in [0.15, 0.2) is 5.69 Å². The highest BCUT2D eigenvalue weighted by atomic mass is 32.2. The zero-order valence-electron chi connectivity index (χ0n) is 18.4. The molecule has 2 heterocycles. The van der Waals surface area contributed by atoms with Gasteiger partial charge in [-0.2, -0.15) is 30.0 Å². The fourth-order valence-corrected chi connectivity index (χ4v) is 4.79. The van der Waals surface area contributed by atoms with Gasteiger partial charge in [0, 0.05) is 48.6 Å². The molecule has 0 radical (unpaired) electrons. The van der Waals surface area contributed by atoms with Crippen LogP contribution < -0.4 is 10.7 Å². The number of carbonyl (C=O) groups excluding carboxylic acids is 1. The van der Waals surface area contributed by atoms with Crippen LogP contribution in [0, 0.1) is 6.92 Å². The number of hydrogen-bond acceptors (Lipinski definition) is 5. The molecule has 0 atom stereocenters. The number of aromatic nitrogens is 2. The van der Waals surface area contributed by atoms with Crippen molar-refractivity contribution in [2.75, 3.05) is 29.9 Å². The Morgan fingerprint density at radius 1 is 1.09 bits per heavy atom. The molecule has 0 spiro atoms. The molecular formula is C24H23F3N4O2S. The van der Waals surface area contributed by atoms with E-state index >= 15 is 0 Å². The van der Waals surface area contributed by atoms with Crippen LogP contribution in [0.5, 0.6) is 0 Å². The molecule has 2 aromatic carbocycles. The standard InChI is InChI=1S/C24H23F3N4O2S/c1-16-14-21(32)22(29-31(16)20-9-5-3-7-18(20)24(25,26)27)23(33)28-19-8-4-2-6-17(19)15-30-10-12-34-13-11-30/h2-9,14H,10-13,15H2,1H3,(H,28,33). The number of thioether (sulfide) groups is 1. The van der Waals surface area contributed by atoms with Gasteiger partial charge in [-0.1, -0.05) is 30.3 Å². The molecular weight excluding hydrogens is 465 g/mol. The predicted octanol–water partition coefficient (Wildman–Crippen LogP) is 4.36. The Bertz CT molecular complexity index is 1250. The Balaban J connectivity index is 1.66. The van der Waals surface area contributed by atoms with Gasteiger partial charge >= 0.3 is 6.18 Å². The van der Waals surface area contributed by atoms with Crippen molar-refractivity contribution < 1.29 is 18.0 Å². The van der Waals surface area contributed by atoms with Crippen LogP contribution in [0.4, 0.5) is 18.9 Å². The van der Waals surface area contributed by atoms with Gasteiger partial charge in [-0.05, 0) is 30.7 Å². The van der Waals surface area contributed by atoms with E-state index in [9.17, 15) is 22.8 Å². The molecule has 1 amide bonds. The number of carbonyl (C=O) groups is 1. The molecule has 6 nitrogen and oxygen atoms in total. The molecule has 4 rings (SSSR count). The summed E-state index contributed by atoms with van der Waals surface area (Å²) in [6.07, 6.45) is -4.62. The van der Waals surface area contributed by atoms with Crippen LogP contribution in [0.15, 0.2) is 59.4 Å². The molecule has 0 unspecified atom stereocenters. The second kappa shape index (κ2) is 10.0. The second-order valence-electron chi connectivity index (χ2n) is 7.93. The first-order chi connectivity index (χ1) is 16.2. The van der Waals surface area contributed by atoms with Crippen molar-refractivity contribution in [3.8, 4) is 5.69 Å². The quantitative estimate of drug-likeness (QED) is 0.578. The fraction of sp³-hybridized carbons (Fsp3) is 0.292. The van der Waals surface area contributed by atoms with E-state index in [4.69, 9.17) is 0 Å². The topological polar surface area (TPSA) is 67.2 Å². The average Bonchev–Trinajstić information content (AvgIpc) is 2.80. The summed E-state index contributed by atoms with van der Waals surface area (Å²) in [5, 5.41) is 6.77. The Morgan fingerprint density at radius 2 is 1.76 bits per heavy atom. The SMILES string of the molecule is Cc1cc(=O)c(C(=O)Nc2ccccc2CN2CCSCC2)nn1-c1ccccc1C(F)(F)F. The van der Waals surface area contributed by atoms with Gasteiger partial charge in [0.05, 0.1) is 11.3 Å². The van der Waals surface area contributed by atoms with Crippen molar-refractivity contribution in [1.82, 2.24) is 14.7 Å². The lowest BCUT2D eigenvalue weighted by molar-refractivity contribution is -0.137. The summed E-state index contributed by atoms with van der Waals surface area (Å²) in [4.78, 5) is 27.9. The summed E-state index contributed by atoms with van der Waals surface area (Å²) in [5.41, 5.74) is -0.711. The second-order valence-corrected chi connectivity index (χ2v) is 9.15. The first-order valence-corrected chi connectivity index (χ1v) is 11.9. The minimum absolute atomic E-state index is 0.182. The van der Waals surface area contributed by atoms with Gasteiger partial charge in [0.25, 0.3) is 5.91 Å². The highest BCUT2D eigenvalue weighted by molar-refractivity contribution is 7.99. The van der Waals surface area contributed by atoms with Crippen LogP contribution in [0.2, 0.25) is 0 Å². The van der Waals surface area contributed by atoms with E-state index in [1.54, 1.807) is 12.1 Å². The molecule has 0 aliphatic carbocycles. The fourth-order valence-electron chi connectivity index (χ4n) is 3.81. The summed E-state index contributed by atoms with van der Waals surface area (Å²) in [6, 6.07) is 13.3. The van der Waals surface area contributed by atoms with Gasteiger partial charge < -0.3 is 5.32 Å². The third kappa shape index (κ3) is 5.34. The number of nitrogens with zero attached hydrogens (tertiary/aromatic N) is 3. The smallest absolute Gasteiger partial charge is 0.320 e. The number of hydrogen-bond donors (Lipinski definition) is 1. The number of benzene rings is 2. The number of alkyl halides is 3. The maximum atomic E-state index is 13.5. The Kier molecular flexibility index (Phi) is 7.08. The van der Waals surface area contributed by atoms with Gasteiger partial charge in [-0.25, -0.2) is 4.68 Å². The monoisotopic (exact) mass is 488 g/mol. The number of rotatable bonds is 5. The van der Waals surface area contributed by atoms with Crippen molar-refractivity contribution in [3.63, 3.8) is 0 Å². The number of anilines is 1. The molecule has 178 valence electrons. The van der Waals surface area contributed by atoms with E-state index in [1.807, 2.05) is 23.9 Å². The number of aryl methyl sites for hydroxylation is 1. The highest BCUT2D eigenvalue weighted by Crippen LogP contribution is 2.33. The predicted molar refractivity (Wildman–Crippen MR) is 127 cm³/mol. The summed E-state index contributed by atoms with van der Waals surface area (Å²) in [7, 11) is 0. The lowest BCUT2D eigenvalue weighted by Gasteiger charge is -2.27. The van der Waals surface area contributed by atoms with E-state index in [0.29, 0.717) is 12.2 Å². The molecule has 1 aromatic heterocycles. The summed E-state index contributed by atoms with van der Waals surface area (Å²) in [6.45, 7) is 3.99. The van der Waals surface area contributed by atoms with E-state index in [0.717, 1.165) is 47.0 Å². The summed E-state index contributed by atoms with van der Waals surface area (Å²) >= 11 is 1.90. The molecule has 1 saturated heterocycles. The van der Waals surface area contributed by atoms with E-state index < -0.39 is 28.8 Å². The van der Waals surface area contributed by atoms with Crippen LogP contribution in [0.1, 0.15) is 27.3 Å². The van der Waals surface area contributed by atoms with Crippen LogP contribution in [-0.2, 0) is 12.7 Å². The van der Waals surface area contributed by atoms with E-state index in [-0.39, 0.29) is 11.4 Å². The third-order valence-electron chi connectivity index (χ3n) is 5.52. The van der Waals surface area contributed by atoms with Crippen LogP contribution >= 0.6 is 11.8 Å². The maximum Gasteiger partial charge on any atom is 0.418 e. The van der Waals surface area contributed by atoms with Crippen molar-refractivity contribution in [3.05, 3.63) is 87.3 Å². The molecule has 1 N–H and O–H groups in total. The number of nitrogens with one attached hydrogen (secondary N) is 1. The molecule has 1 aliphatic heterocycles. The Hall–Kier alpha value is -3.11. The first kappa shape index (κ1) is 24.0. The molecule has 10 heteroatoms. The molecule has 34 heavy (non-hydrogen) atoms. The minimum Gasteiger partial charge on any atom is -0.320 e. The average molecular weight is 489 g/mol. The van der Waals surface area contributed by atoms with Crippen LogP contribution in [0.25, 0.3) is 5.69 Å². The van der Waals surface area contributed by atoms with E-state index in [2.05, 4.69) is 15.3 Å². The van der Waals surface area contributed by atoms with Gasteiger partial charge in [-0.3, -0.25) is 14.5 Å². The molecule has 3 aromatic rings. The third-order valence-corrected chi connectivity index (χ3v) is 6.47. The van der Waals surface area contributed by atoms with Crippen molar-refractivity contribution in [2.45, 2.75) is 19.6 Å². The Morgan fingerprint density at radius 3 is 2.50 bits per heavy atom. The van der Waals surface area contributed by atoms with Crippen LogP contribution in [-0.4, -0.2) is 45.2 Å². The zero-order chi connectivity index (χ0) is 24.3.